The minimum atomic E-state index is -1.17. The molecule has 3 N–H and O–H groups in total. The molecule has 0 aromatic heterocycles. The molecule has 1 aliphatic heterocycles. The average molecular weight is 361 g/mol. The number of aliphatic carboxylic acids is 1. The maximum atomic E-state index is 13.0. The number of amides is 2. The molecule has 114 valence electrons. The normalized spacial score (nSPS) is 24.6. The topological polar surface area (TPSA) is 87.7 Å². The molecular weight excluding hydrogens is 347 g/mol. The molecule has 1 aromatic rings. The summed E-state index contributed by atoms with van der Waals surface area (Å²) in [6.07, 6.45) is 0. The van der Waals surface area contributed by atoms with Crippen molar-refractivity contribution < 1.29 is 23.8 Å². The summed E-state index contributed by atoms with van der Waals surface area (Å²) in [4.78, 5) is 23.2. The third-order valence-corrected chi connectivity index (χ3v) is 4.08. The Morgan fingerprint density at radius 1 is 1.52 bits per heavy atom. The first-order chi connectivity index (χ1) is 9.83. The van der Waals surface area contributed by atoms with Crippen molar-refractivity contribution in [2.24, 2.45) is 5.41 Å². The Bertz CT molecular complexity index is 583. The van der Waals surface area contributed by atoms with Gasteiger partial charge in [0, 0.05) is 4.47 Å². The third-order valence-electron chi connectivity index (χ3n) is 3.43. The monoisotopic (exact) mass is 360 g/mol. The van der Waals surface area contributed by atoms with Gasteiger partial charge >= 0.3 is 12.0 Å². The van der Waals surface area contributed by atoms with Crippen LogP contribution >= 0.6 is 15.9 Å². The molecule has 6 nitrogen and oxygen atoms in total. The van der Waals surface area contributed by atoms with Gasteiger partial charge in [-0.25, -0.2) is 9.18 Å². The summed E-state index contributed by atoms with van der Waals surface area (Å²) in [7, 11) is 0. The SMILES string of the molecule is CC1(C(=O)O)COCC1NC(=O)Nc1ccc(F)cc1Br. The van der Waals surface area contributed by atoms with Crippen LogP contribution in [0.3, 0.4) is 0 Å². The van der Waals surface area contributed by atoms with E-state index in [4.69, 9.17) is 4.74 Å². The molecule has 0 bridgehead atoms. The molecule has 2 atom stereocenters. The van der Waals surface area contributed by atoms with Crippen LogP contribution in [0.2, 0.25) is 0 Å². The van der Waals surface area contributed by atoms with Crippen LogP contribution in [0.4, 0.5) is 14.9 Å². The van der Waals surface area contributed by atoms with Crippen molar-refractivity contribution in [2.75, 3.05) is 18.5 Å². The third kappa shape index (κ3) is 3.33. The van der Waals surface area contributed by atoms with E-state index in [9.17, 15) is 19.1 Å². The summed E-state index contributed by atoms with van der Waals surface area (Å²) in [6.45, 7) is 1.68. The highest BCUT2D eigenvalue weighted by Gasteiger charge is 2.47. The van der Waals surface area contributed by atoms with E-state index in [1.807, 2.05) is 0 Å². The zero-order valence-corrected chi connectivity index (χ0v) is 12.7. The largest absolute Gasteiger partial charge is 0.481 e. The van der Waals surface area contributed by atoms with E-state index in [1.54, 1.807) is 0 Å². The number of benzene rings is 1. The highest BCUT2D eigenvalue weighted by molar-refractivity contribution is 9.10. The lowest BCUT2D eigenvalue weighted by molar-refractivity contribution is -0.148. The van der Waals surface area contributed by atoms with Gasteiger partial charge in [0.05, 0.1) is 24.9 Å². The molecule has 1 fully saturated rings. The van der Waals surface area contributed by atoms with Crippen molar-refractivity contribution in [2.45, 2.75) is 13.0 Å². The molecule has 21 heavy (non-hydrogen) atoms. The molecule has 2 unspecified atom stereocenters. The molecule has 0 aliphatic carbocycles. The Balaban J connectivity index is 2.03. The lowest BCUT2D eigenvalue weighted by Gasteiger charge is -2.25. The molecule has 0 radical (unpaired) electrons. The lowest BCUT2D eigenvalue weighted by atomic mass is 9.85. The number of hydrogen-bond acceptors (Lipinski definition) is 3. The van der Waals surface area contributed by atoms with Gasteiger partial charge in [0.1, 0.15) is 11.2 Å². The standard InChI is InChI=1S/C13H14BrFN2O4/c1-13(11(18)19)6-21-5-10(13)17-12(20)16-9-3-2-7(15)4-8(9)14/h2-4,10H,5-6H2,1H3,(H,18,19)(H2,16,17,20). The molecule has 1 aliphatic rings. The van der Waals surface area contributed by atoms with Gasteiger partial charge in [0.25, 0.3) is 0 Å². The fraction of sp³-hybridized carbons (Fsp3) is 0.385. The van der Waals surface area contributed by atoms with Gasteiger partial charge in [-0.3, -0.25) is 4.79 Å². The number of carboxylic acid groups (broad SMARTS) is 1. The van der Waals surface area contributed by atoms with E-state index in [1.165, 1.54) is 25.1 Å². The Hall–Kier alpha value is -1.67. The number of carbonyl (C=O) groups excluding carboxylic acids is 1. The van der Waals surface area contributed by atoms with E-state index in [2.05, 4.69) is 26.6 Å². The Kier molecular flexibility index (Phi) is 4.48. The van der Waals surface area contributed by atoms with Gasteiger partial charge in [0.2, 0.25) is 0 Å². The van der Waals surface area contributed by atoms with Gasteiger partial charge in [-0.05, 0) is 41.1 Å². The number of nitrogens with one attached hydrogen (secondary N) is 2. The van der Waals surface area contributed by atoms with Crippen LogP contribution in [0.5, 0.6) is 0 Å². The predicted octanol–water partition coefficient (Wildman–Crippen LogP) is 2.20. The minimum absolute atomic E-state index is 0.0352. The van der Waals surface area contributed by atoms with Gasteiger partial charge in [-0.2, -0.15) is 0 Å². The van der Waals surface area contributed by atoms with Crippen LogP contribution in [-0.4, -0.2) is 36.4 Å². The smallest absolute Gasteiger partial charge is 0.319 e. The maximum absolute atomic E-state index is 13.0. The molecule has 2 amide bonds. The molecule has 0 saturated carbocycles. The Morgan fingerprint density at radius 3 is 2.86 bits per heavy atom. The fourth-order valence-electron chi connectivity index (χ4n) is 1.99. The number of anilines is 1. The van der Waals surface area contributed by atoms with Crippen molar-refractivity contribution in [3.05, 3.63) is 28.5 Å². The summed E-state index contributed by atoms with van der Waals surface area (Å²) in [6, 6.07) is 2.61. The molecule has 0 spiro atoms. The highest BCUT2D eigenvalue weighted by atomic mass is 79.9. The van der Waals surface area contributed by atoms with Crippen molar-refractivity contribution in [1.82, 2.24) is 5.32 Å². The average Bonchev–Trinajstić information content (AvgIpc) is 2.76. The van der Waals surface area contributed by atoms with Crippen LogP contribution in [0.15, 0.2) is 22.7 Å². The number of hydrogen-bond donors (Lipinski definition) is 3. The van der Waals surface area contributed by atoms with E-state index in [0.29, 0.717) is 10.2 Å². The van der Waals surface area contributed by atoms with Gasteiger partial charge in [-0.15, -0.1) is 0 Å². The first kappa shape index (κ1) is 15.7. The summed E-state index contributed by atoms with van der Waals surface area (Å²) in [5, 5.41) is 14.3. The van der Waals surface area contributed by atoms with Crippen LogP contribution in [0.25, 0.3) is 0 Å². The Labute approximate surface area is 128 Å². The minimum Gasteiger partial charge on any atom is -0.481 e. The second-order valence-electron chi connectivity index (χ2n) is 5.01. The van der Waals surface area contributed by atoms with Crippen LogP contribution in [0.1, 0.15) is 6.92 Å². The van der Waals surface area contributed by atoms with Crippen LogP contribution in [0, 0.1) is 11.2 Å². The maximum Gasteiger partial charge on any atom is 0.319 e. The molecule has 2 rings (SSSR count). The quantitative estimate of drug-likeness (QED) is 0.770. The van der Waals surface area contributed by atoms with Crippen LogP contribution < -0.4 is 10.6 Å². The summed E-state index contributed by atoms with van der Waals surface area (Å²) < 4.78 is 18.5. The van der Waals surface area contributed by atoms with Crippen molar-refractivity contribution in [3.8, 4) is 0 Å². The second kappa shape index (κ2) is 5.98. The molecule has 1 saturated heterocycles. The Morgan fingerprint density at radius 2 is 2.24 bits per heavy atom. The van der Waals surface area contributed by atoms with Crippen LogP contribution in [-0.2, 0) is 9.53 Å². The summed E-state index contributed by atoms with van der Waals surface area (Å²) >= 11 is 3.13. The predicted molar refractivity (Wildman–Crippen MR) is 76.6 cm³/mol. The number of carbonyl (C=O) groups is 2. The second-order valence-corrected chi connectivity index (χ2v) is 5.87. The number of urea groups is 1. The van der Waals surface area contributed by atoms with E-state index in [0.717, 1.165) is 0 Å². The molecule has 1 aromatic carbocycles. The molecular formula is C13H14BrFN2O4. The van der Waals surface area contributed by atoms with Crippen molar-refractivity contribution in [3.63, 3.8) is 0 Å². The van der Waals surface area contributed by atoms with E-state index < -0.39 is 29.3 Å². The molecule has 1 heterocycles. The lowest BCUT2D eigenvalue weighted by Crippen LogP contribution is -2.50. The van der Waals surface area contributed by atoms with Crippen molar-refractivity contribution >= 4 is 33.6 Å². The van der Waals surface area contributed by atoms with Gasteiger partial charge in [0.15, 0.2) is 0 Å². The van der Waals surface area contributed by atoms with Gasteiger partial charge < -0.3 is 20.5 Å². The number of halogens is 2. The van der Waals surface area contributed by atoms with E-state index >= 15 is 0 Å². The zero-order chi connectivity index (χ0) is 15.6. The number of ether oxygens (including phenoxy) is 1. The first-order valence-corrected chi connectivity index (χ1v) is 6.96. The number of rotatable bonds is 3. The summed E-state index contributed by atoms with van der Waals surface area (Å²) in [5.41, 5.74) is -0.790. The van der Waals surface area contributed by atoms with Crippen molar-refractivity contribution in [1.29, 1.82) is 0 Å². The summed E-state index contributed by atoms with van der Waals surface area (Å²) in [5.74, 6) is -1.47. The number of carboxylic acids is 1. The first-order valence-electron chi connectivity index (χ1n) is 6.16. The molecule has 8 heteroatoms. The zero-order valence-electron chi connectivity index (χ0n) is 11.2. The van der Waals surface area contributed by atoms with E-state index in [-0.39, 0.29) is 13.2 Å². The van der Waals surface area contributed by atoms with Gasteiger partial charge in [-0.1, -0.05) is 0 Å². The fourth-order valence-corrected chi connectivity index (χ4v) is 2.44. The highest BCUT2D eigenvalue weighted by Crippen LogP contribution is 2.29.